The van der Waals surface area contributed by atoms with E-state index in [2.05, 4.69) is 10.4 Å². The van der Waals surface area contributed by atoms with Crippen molar-refractivity contribution in [3.8, 4) is 0 Å². The number of sulfone groups is 1. The third-order valence-electron chi connectivity index (χ3n) is 3.55. The number of nitrogens with zero attached hydrogens (tertiary/aromatic N) is 2. The molecule has 3 rings (SSSR count). The molecule has 2 aliphatic rings. The van der Waals surface area contributed by atoms with Gasteiger partial charge in [-0.15, -0.1) is 0 Å². The van der Waals surface area contributed by atoms with Crippen molar-refractivity contribution in [1.29, 1.82) is 0 Å². The first-order valence-electron chi connectivity index (χ1n) is 5.84. The van der Waals surface area contributed by atoms with Gasteiger partial charge in [0.2, 0.25) is 0 Å². The summed E-state index contributed by atoms with van der Waals surface area (Å²) in [6.07, 6.45) is 1.48. The Morgan fingerprint density at radius 3 is 3.00 bits per heavy atom. The molecule has 7 heteroatoms. The number of hydrogen-bond donors (Lipinski definition) is 2. The van der Waals surface area contributed by atoms with Crippen LogP contribution in [-0.4, -0.2) is 37.0 Å². The summed E-state index contributed by atoms with van der Waals surface area (Å²) in [6.45, 7) is 1.79. The maximum absolute atomic E-state index is 11.7. The van der Waals surface area contributed by atoms with Gasteiger partial charge in [0.1, 0.15) is 5.82 Å². The van der Waals surface area contributed by atoms with Crippen molar-refractivity contribution in [3.05, 3.63) is 11.3 Å². The predicted molar refractivity (Wildman–Crippen MR) is 64.4 cm³/mol. The monoisotopic (exact) mass is 256 g/mol. The lowest BCUT2D eigenvalue weighted by atomic mass is 10.1. The van der Waals surface area contributed by atoms with Crippen LogP contribution in [0.1, 0.15) is 23.7 Å². The van der Waals surface area contributed by atoms with E-state index in [-0.39, 0.29) is 17.5 Å². The molecule has 94 valence electrons. The number of rotatable bonds is 1. The molecule has 6 nitrogen and oxygen atoms in total. The lowest BCUT2D eigenvalue weighted by Gasteiger charge is -2.17. The number of nitrogens with two attached hydrogens (primary N) is 1. The first-order chi connectivity index (χ1) is 8.07. The van der Waals surface area contributed by atoms with Crippen LogP contribution in [-0.2, 0) is 22.0 Å². The van der Waals surface area contributed by atoms with Gasteiger partial charge >= 0.3 is 0 Å². The molecule has 17 heavy (non-hydrogen) atoms. The minimum absolute atomic E-state index is 0.0863. The van der Waals surface area contributed by atoms with Crippen molar-refractivity contribution in [1.82, 2.24) is 15.1 Å². The second-order valence-electron chi connectivity index (χ2n) is 4.74. The van der Waals surface area contributed by atoms with Crippen LogP contribution in [0.25, 0.3) is 0 Å². The maximum atomic E-state index is 11.7. The summed E-state index contributed by atoms with van der Waals surface area (Å²) in [4.78, 5) is 0. The lowest BCUT2D eigenvalue weighted by molar-refractivity contribution is 0.475. The van der Waals surface area contributed by atoms with E-state index >= 15 is 0 Å². The molecule has 1 saturated heterocycles. The van der Waals surface area contributed by atoms with Crippen molar-refractivity contribution in [2.45, 2.75) is 24.6 Å². The van der Waals surface area contributed by atoms with Gasteiger partial charge in [-0.1, -0.05) is 0 Å². The van der Waals surface area contributed by atoms with Gasteiger partial charge in [-0.05, 0) is 19.4 Å². The average Bonchev–Trinajstić information content (AvgIpc) is 2.85. The Morgan fingerprint density at radius 1 is 1.47 bits per heavy atom. The number of aromatic nitrogens is 2. The summed E-state index contributed by atoms with van der Waals surface area (Å²) in [5.41, 5.74) is 7.62. The van der Waals surface area contributed by atoms with Crippen LogP contribution in [0, 0.1) is 0 Å². The summed E-state index contributed by atoms with van der Waals surface area (Å²) < 4.78 is 25.2. The normalized spacial score (nSPS) is 26.9. The standard InChI is InChI=1S/C10H16N4O2S/c11-10-8-2-4-17(15,16)6-9(8)14(13-10)7-1-3-12-5-7/h7,12H,1-6H2,(H2,11,13). The first kappa shape index (κ1) is 11.0. The molecule has 0 bridgehead atoms. The Labute approximate surface area is 100 Å². The molecule has 2 aliphatic heterocycles. The molecular weight excluding hydrogens is 240 g/mol. The number of fused-ring (bicyclic) bond motifs is 1. The minimum Gasteiger partial charge on any atom is -0.382 e. The quantitative estimate of drug-likeness (QED) is 0.705. The smallest absolute Gasteiger partial charge is 0.156 e. The summed E-state index contributed by atoms with van der Waals surface area (Å²) in [6, 6.07) is 0.245. The highest BCUT2D eigenvalue weighted by atomic mass is 32.2. The van der Waals surface area contributed by atoms with Crippen LogP contribution in [0.3, 0.4) is 0 Å². The third kappa shape index (κ3) is 1.83. The van der Waals surface area contributed by atoms with Crippen molar-refractivity contribution >= 4 is 15.7 Å². The van der Waals surface area contributed by atoms with E-state index in [1.165, 1.54) is 0 Å². The van der Waals surface area contributed by atoms with E-state index in [1.807, 2.05) is 4.68 Å². The fourth-order valence-electron chi connectivity index (χ4n) is 2.64. The highest BCUT2D eigenvalue weighted by molar-refractivity contribution is 7.90. The molecule has 0 radical (unpaired) electrons. The highest BCUT2D eigenvalue weighted by Crippen LogP contribution is 2.29. The van der Waals surface area contributed by atoms with E-state index in [0.29, 0.717) is 12.2 Å². The lowest BCUT2D eigenvalue weighted by Crippen LogP contribution is -2.23. The third-order valence-corrected chi connectivity index (χ3v) is 5.09. The molecule has 0 aliphatic carbocycles. The summed E-state index contributed by atoms with van der Waals surface area (Å²) in [7, 11) is -2.97. The number of nitrogen functional groups attached to an aromatic ring is 1. The molecule has 0 spiro atoms. The Hall–Kier alpha value is -1.08. The molecular formula is C10H16N4O2S. The van der Waals surface area contributed by atoms with E-state index in [1.54, 1.807) is 0 Å². The van der Waals surface area contributed by atoms with Gasteiger partial charge in [-0.2, -0.15) is 5.10 Å². The summed E-state index contributed by atoms with van der Waals surface area (Å²) >= 11 is 0. The molecule has 0 saturated carbocycles. The van der Waals surface area contributed by atoms with Gasteiger partial charge in [-0.3, -0.25) is 4.68 Å². The molecule has 1 fully saturated rings. The zero-order valence-corrected chi connectivity index (χ0v) is 10.3. The van der Waals surface area contributed by atoms with Gasteiger partial charge < -0.3 is 11.1 Å². The van der Waals surface area contributed by atoms with Crippen LogP contribution in [0.4, 0.5) is 5.82 Å². The SMILES string of the molecule is Nc1nn(C2CCNC2)c2c1CCS(=O)(=O)C2. The van der Waals surface area contributed by atoms with Gasteiger partial charge in [0, 0.05) is 12.1 Å². The summed E-state index contributed by atoms with van der Waals surface area (Å²) in [5.74, 6) is 0.781. The number of hydrogen-bond acceptors (Lipinski definition) is 5. The zero-order valence-electron chi connectivity index (χ0n) is 9.52. The molecule has 1 unspecified atom stereocenters. The van der Waals surface area contributed by atoms with Crippen LogP contribution in [0.15, 0.2) is 0 Å². The highest BCUT2D eigenvalue weighted by Gasteiger charge is 2.31. The topological polar surface area (TPSA) is 90.0 Å². The maximum Gasteiger partial charge on any atom is 0.156 e. The molecule has 0 aromatic carbocycles. The fraction of sp³-hybridized carbons (Fsp3) is 0.700. The molecule has 0 amide bonds. The van der Waals surface area contributed by atoms with Crippen molar-refractivity contribution < 1.29 is 8.42 Å². The summed E-state index contributed by atoms with van der Waals surface area (Å²) in [5, 5.41) is 7.59. The Kier molecular flexibility index (Phi) is 2.41. The first-order valence-corrected chi connectivity index (χ1v) is 7.66. The van der Waals surface area contributed by atoms with Crippen LogP contribution in [0.2, 0.25) is 0 Å². The molecule has 3 N–H and O–H groups in total. The van der Waals surface area contributed by atoms with Gasteiger partial charge in [0.15, 0.2) is 9.84 Å². The van der Waals surface area contributed by atoms with Crippen molar-refractivity contribution in [2.24, 2.45) is 0 Å². The second kappa shape index (κ2) is 3.71. The number of anilines is 1. The van der Waals surface area contributed by atoms with Crippen LogP contribution in [0.5, 0.6) is 0 Å². The van der Waals surface area contributed by atoms with E-state index in [4.69, 9.17) is 5.73 Å². The Morgan fingerprint density at radius 2 is 2.29 bits per heavy atom. The van der Waals surface area contributed by atoms with Crippen LogP contribution < -0.4 is 11.1 Å². The molecule has 1 atom stereocenters. The molecule has 3 heterocycles. The largest absolute Gasteiger partial charge is 0.382 e. The second-order valence-corrected chi connectivity index (χ2v) is 6.93. The van der Waals surface area contributed by atoms with Gasteiger partial charge in [0.25, 0.3) is 0 Å². The van der Waals surface area contributed by atoms with Crippen molar-refractivity contribution in [3.63, 3.8) is 0 Å². The Balaban J connectivity index is 2.06. The predicted octanol–water partition coefficient (Wildman–Crippen LogP) is -0.529. The fourth-order valence-corrected chi connectivity index (χ4v) is 4.02. The van der Waals surface area contributed by atoms with E-state index < -0.39 is 9.84 Å². The zero-order chi connectivity index (χ0) is 12.0. The minimum atomic E-state index is -2.97. The van der Waals surface area contributed by atoms with E-state index in [0.717, 1.165) is 30.8 Å². The van der Waals surface area contributed by atoms with E-state index in [9.17, 15) is 8.42 Å². The molecule has 1 aromatic heterocycles. The Bertz CT molecular complexity index is 543. The van der Waals surface area contributed by atoms with Crippen molar-refractivity contribution in [2.75, 3.05) is 24.6 Å². The van der Waals surface area contributed by atoms with Gasteiger partial charge in [-0.25, -0.2) is 8.42 Å². The number of nitrogens with one attached hydrogen (secondary N) is 1. The van der Waals surface area contributed by atoms with Gasteiger partial charge in [0.05, 0.1) is 23.2 Å². The average molecular weight is 256 g/mol. The molecule has 1 aromatic rings. The van der Waals surface area contributed by atoms with Crippen LogP contribution >= 0.6 is 0 Å².